The number of aromatic nitrogens is 1. The fourth-order valence-electron chi connectivity index (χ4n) is 3.55. The van der Waals surface area contributed by atoms with E-state index in [4.69, 9.17) is 16.2 Å². The van der Waals surface area contributed by atoms with E-state index >= 15 is 0 Å². The highest BCUT2D eigenvalue weighted by Crippen LogP contribution is 2.34. The summed E-state index contributed by atoms with van der Waals surface area (Å²) in [5.41, 5.74) is 12.2. The smallest absolute Gasteiger partial charge is 0.421 e. The standard InChI is InChI=1S/C19H22N4O3/c20-12-18(24)23(19(21)25)11-9-16(26-17-8-4-5-10-22-17)15(13-23)14-6-2-1-3-7-14/h1-8,10,15-16H,9,11-13,20H2,(H-,21,25)/p+1. The molecule has 0 bridgehead atoms. The van der Waals surface area contributed by atoms with Gasteiger partial charge in [0.15, 0.2) is 0 Å². The molecule has 0 spiro atoms. The topological polar surface area (TPSA) is 108 Å². The minimum Gasteiger partial charge on any atom is -0.473 e. The second-order valence-corrected chi connectivity index (χ2v) is 6.44. The Kier molecular flexibility index (Phi) is 5.29. The van der Waals surface area contributed by atoms with Gasteiger partial charge < -0.3 is 16.2 Å². The first kappa shape index (κ1) is 18.0. The number of carbonyl (C=O) groups is 2. The number of benzene rings is 1. The lowest BCUT2D eigenvalue weighted by Gasteiger charge is -2.42. The predicted octanol–water partition coefficient (Wildman–Crippen LogP) is 1.40. The van der Waals surface area contributed by atoms with Crippen molar-refractivity contribution in [2.45, 2.75) is 18.4 Å². The second kappa shape index (κ2) is 7.63. The van der Waals surface area contributed by atoms with Crippen molar-refractivity contribution in [3.05, 3.63) is 60.3 Å². The lowest BCUT2D eigenvalue weighted by Crippen LogP contribution is -2.67. The molecule has 7 nitrogen and oxygen atoms in total. The van der Waals surface area contributed by atoms with Crippen LogP contribution in [-0.4, -0.2) is 47.1 Å². The lowest BCUT2D eigenvalue weighted by molar-refractivity contribution is -0.781. The number of quaternary nitrogens is 1. The van der Waals surface area contributed by atoms with E-state index in [9.17, 15) is 9.59 Å². The van der Waals surface area contributed by atoms with Crippen molar-refractivity contribution in [3.63, 3.8) is 0 Å². The van der Waals surface area contributed by atoms with E-state index in [1.165, 1.54) is 0 Å². The first-order valence-electron chi connectivity index (χ1n) is 8.60. The monoisotopic (exact) mass is 355 g/mol. The molecule has 4 N–H and O–H groups in total. The van der Waals surface area contributed by atoms with Crippen molar-refractivity contribution in [3.8, 4) is 5.88 Å². The first-order valence-corrected chi connectivity index (χ1v) is 8.60. The second-order valence-electron chi connectivity index (χ2n) is 6.44. The molecule has 1 fully saturated rings. The SMILES string of the molecule is NCC(=O)[N+]1(C(N)=O)CCC(Oc2ccccn2)C(c2ccccc2)C1. The Hall–Kier alpha value is -2.77. The molecule has 1 aromatic heterocycles. The molecule has 0 radical (unpaired) electrons. The number of amides is 3. The average Bonchev–Trinajstić information content (AvgIpc) is 2.69. The van der Waals surface area contributed by atoms with E-state index in [1.807, 2.05) is 42.5 Å². The van der Waals surface area contributed by atoms with E-state index in [-0.39, 0.29) is 37.6 Å². The van der Waals surface area contributed by atoms with Gasteiger partial charge in [-0.05, 0) is 11.6 Å². The number of nitrogens with zero attached hydrogens (tertiary/aromatic N) is 2. The molecule has 1 saturated heterocycles. The highest BCUT2D eigenvalue weighted by atomic mass is 16.5. The number of imide groups is 1. The molecule has 3 rings (SSSR count). The summed E-state index contributed by atoms with van der Waals surface area (Å²) in [5.74, 6) is -0.0349. The third-order valence-electron chi connectivity index (χ3n) is 4.96. The largest absolute Gasteiger partial charge is 0.473 e. The molecule has 136 valence electrons. The van der Waals surface area contributed by atoms with Gasteiger partial charge in [-0.15, -0.1) is 0 Å². The van der Waals surface area contributed by atoms with Crippen LogP contribution in [0.25, 0.3) is 0 Å². The quantitative estimate of drug-likeness (QED) is 0.806. The van der Waals surface area contributed by atoms with E-state index in [2.05, 4.69) is 4.98 Å². The zero-order valence-electron chi connectivity index (χ0n) is 14.5. The fraction of sp³-hybridized carbons (Fsp3) is 0.316. The maximum absolute atomic E-state index is 12.5. The first-order chi connectivity index (χ1) is 12.6. The molecule has 2 heterocycles. The fourth-order valence-corrected chi connectivity index (χ4v) is 3.55. The van der Waals surface area contributed by atoms with Gasteiger partial charge in [0.2, 0.25) is 5.88 Å². The highest BCUT2D eigenvalue weighted by Gasteiger charge is 2.50. The third kappa shape index (κ3) is 3.44. The number of hydrogen-bond donors (Lipinski definition) is 2. The number of carbonyl (C=O) groups excluding carboxylic acids is 2. The molecule has 0 saturated carbocycles. The van der Waals surface area contributed by atoms with Crippen LogP contribution in [0.2, 0.25) is 0 Å². The Bertz CT molecular complexity index is 769. The van der Waals surface area contributed by atoms with Gasteiger partial charge in [-0.2, -0.15) is 4.48 Å². The van der Waals surface area contributed by atoms with Crippen molar-refractivity contribution in [2.75, 3.05) is 19.6 Å². The van der Waals surface area contributed by atoms with Crippen molar-refractivity contribution in [1.29, 1.82) is 0 Å². The predicted molar refractivity (Wildman–Crippen MR) is 96.1 cm³/mol. The number of likely N-dealkylation sites (tertiary alicyclic amines) is 1. The minimum atomic E-state index is -0.669. The van der Waals surface area contributed by atoms with E-state index in [0.717, 1.165) is 5.56 Å². The zero-order chi connectivity index (χ0) is 18.6. The van der Waals surface area contributed by atoms with Crippen LogP contribution < -0.4 is 16.2 Å². The van der Waals surface area contributed by atoms with Gasteiger partial charge in [-0.1, -0.05) is 36.4 Å². The molecule has 1 aromatic carbocycles. The summed E-state index contributed by atoms with van der Waals surface area (Å²) in [6.07, 6.45) is 1.94. The van der Waals surface area contributed by atoms with Gasteiger partial charge in [0.25, 0.3) is 0 Å². The zero-order valence-corrected chi connectivity index (χ0v) is 14.5. The number of ether oxygens (including phenoxy) is 1. The molecule has 2 aromatic rings. The van der Waals surface area contributed by atoms with Gasteiger partial charge >= 0.3 is 11.9 Å². The Morgan fingerprint density at radius 3 is 2.50 bits per heavy atom. The summed E-state index contributed by atoms with van der Waals surface area (Å²) in [6, 6.07) is 14.5. The molecule has 7 heteroatoms. The third-order valence-corrected chi connectivity index (χ3v) is 4.96. The average molecular weight is 355 g/mol. The molecule has 3 amide bonds. The van der Waals surface area contributed by atoms with Crippen LogP contribution in [0.15, 0.2) is 54.7 Å². The molecule has 1 aliphatic rings. The van der Waals surface area contributed by atoms with Crippen LogP contribution in [-0.2, 0) is 4.79 Å². The molecular formula is C19H23N4O3+. The van der Waals surface area contributed by atoms with Crippen LogP contribution in [0.4, 0.5) is 4.79 Å². The highest BCUT2D eigenvalue weighted by molar-refractivity contribution is 5.84. The number of piperidine rings is 1. The van der Waals surface area contributed by atoms with E-state index in [0.29, 0.717) is 12.3 Å². The number of rotatable bonds is 4. The number of hydrogen-bond acceptors (Lipinski definition) is 5. The number of urea groups is 1. The normalized spacial score (nSPS) is 25.4. The van der Waals surface area contributed by atoms with Gasteiger partial charge in [-0.25, -0.2) is 14.6 Å². The molecule has 1 aliphatic heterocycles. The molecule has 3 atom stereocenters. The molecule has 26 heavy (non-hydrogen) atoms. The van der Waals surface area contributed by atoms with Gasteiger partial charge in [-0.3, -0.25) is 0 Å². The Morgan fingerprint density at radius 1 is 1.15 bits per heavy atom. The molecule has 0 aliphatic carbocycles. The van der Waals surface area contributed by atoms with Gasteiger partial charge in [0.05, 0.1) is 12.5 Å². The van der Waals surface area contributed by atoms with Crippen LogP contribution >= 0.6 is 0 Å². The number of pyridine rings is 1. The van der Waals surface area contributed by atoms with Crippen molar-refractivity contribution in [1.82, 2.24) is 4.98 Å². The summed E-state index contributed by atoms with van der Waals surface area (Å²) in [5, 5.41) is 0. The Labute approximate surface area is 152 Å². The molecular weight excluding hydrogens is 332 g/mol. The minimum absolute atomic E-state index is 0.185. The van der Waals surface area contributed by atoms with E-state index in [1.54, 1.807) is 12.3 Å². The maximum Gasteiger partial charge on any atom is 0.421 e. The van der Waals surface area contributed by atoms with Gasteiger partial charge in [0.1, 0.15) is 19.2 Å². The van der Waals surface area contributed by atoms with Crippen molar-refractivity contribution in [2.24, 2.45) is 11.5 Å². The van der Waals surface area contributed by atoms with Crippen LogP contribution in [0.1, 0.15) is 17.9 Å². The van der Waals surface area contributed by atoms with Crippen LogP contribution in [0.3, 0.4) is 0 Å². The van der Waals surface area contributed by atoms with Crippen molar-refractivity contribution < 1.29 is 18.8 Å². The van der Waals surface area contributed by atoms with Gasteiger partial charge in [0, 0.05) is 18.7 Å². The summed E-state index contributed by atoms with van der Waals surface area (Å²) >= 11 is 0. The summed E-state index contributed by atoms with van der Waals surface area (Å²) < 4.78 is 5.65. The summed E-state index contributed by atoms with van der Waals surface area (Å²) in [4.78, 5) is 28.9. The Morgan fingerprint density at radius 2 is 1.88 bits per heavy atom. The van der Waals surface area contributed by atoms with E-state index < -0.39 is 10.5 Å². The van der Waals surface area contributed by atoms with Crippen molar-refractivity contribution >= 4 is 11.9 Å². The Balaban J connectivity index is 1.94. The lowest BCUT2D eigenvalue weighted by atomic mass is 9.86. The summed E-state index contributed by atoms with van der Waals surface area (Å²) in [6.45, 7) is 0.273. The van der Waals surface area contributed by atoms with Crippen LogP contribution in [0.5, 0.6) is 5.88 Å². The van der Waals surface area contributed by atoms with Crippen LogP contribution in [0, 0.1) is 0 Å². The summed E-state index contributed by atoms with van der Waals surface area (Å²) in [7, 11) is 0. The number of primary amides is 1. The molecule has 3 unspecified atom stereocenters. The maximum atomic E-state index is 12.5. The number of nitrogens with two attached hydrogens (primary N) is 2.